The molecule has 1 aliphatic heterocycles. The number of hydrogen-bond acceptors (Lipinski definition) is 3. The maximum absolute atomic E-state index is 11.8. The van der Waals surface area contributed by atoms with Gasteiger partial charge in [-0.25, -0.2) is 0 Å². The van der Waals surface area contributed by atoms with Crippen LogP contribution < -0.4 is 0 Å². The van der Waals surface area contributed by atoms with Gasteiger partial charge >= 0.3 is 0 Å². The summed E-state index contributed by atoms with van der Waals surface area (Å²) in [6.07, 6.45) is 5.84. The second kappa shape index (κ2) is 7.45. The monoisotopic (exact) mass is 240 g/mol. The van der Waals surface area contributed by atoms with Gasteiger partial charge in [0.15, 0.2) is 0 Å². The molecule has 0 bridgehead atoms. The highest BCUT2D eigenvalue weighted by Gasteiger charge is 2.17. The van der Waals surface area contributed by atoms with Gasteiger partial charge in [-0.3, -0.25) is 4.79 Å². The van der Waals surface area contributed by atoms with E-state index in [0.29, 0.717) is 5.92 Å². The molecule has 0 aliphatic carbocycles. The summed E-state index contributed by atoms with van der Waals surface area (Å²) < 4.78 is 5.41. The van der Waals surface area contributed by atoms with Crippen LogP contribution in [-0.2, 0) is 9.53 Å². The predicted octanol–water partition coefficient (Wildman–Crippen LogP) is 0.989. The van der Waals surface area contributed by atoms with Gasteiger partial charge in [-0.2, -0.15) is 0 Å². The third kappa shape index (κ3) is 5.84. The standard InChI is InChI=1S/C13H24N2O2/c1-14(2)8-4-7-13(16)15(3)10-12-6-5-9-17-11-12/h4,7,12H,5-6,8-11H2,1-3H3/b7-4+. The maximum Gasteiger partial charge on any atom is 0.246 e. The Morgan fingerprint density at radius 3 is 2.76 bits per heavy atom. The molecule has 4 heteroatoms. The molecule has 4 nitrogen and oxygen atoms in total. The van der Waals surface area contributed by atoms with E-state index in [-0.39, 0.29) is 5.91 Å². The van der Waals surface area contributed by atoms with Crippen LogP contribution in [0.1, 0.15) is 12.8 Å². The van der Waals surface area contributed by atoms with E-state index >= 15 is 0 Å². The SMILES string of the molecule is CN(C)C/C=C/C(=O)N(C)CC1CCCOC1. The molecule has 17 heavy (non-hydrogen) atoms. The first-order chi connectivity index (χ1) is 8.09. The Morgan fingerprint density at radius 1 is 1.41 bits per heavy atom. The van der Waals surface area contributed by atoms with Crippen LogP contribution in [0.5, 0.6) is 0 Å². The van der Waals surface area contributed by atoms with Crippen molar-refractivity contribution in [2.75, 3.05) is 47.4 Å². The van der Waals surface area contributed by atoms with E-state index in [1.165, 1.54) is 6.42 Å². The summed E-state index contributed by atoms with van der Waals surface area (Å²) in [7, 11) is 5.83. The fraction of sp³-hybridized carbons (Fsp3) is 0.769. The molecule has 1 fully saturated rings. The van der Waals surface area contributed by atoms with E-state index in [4.69, 9.17) is 4.74 Å². The van der Waals surface area contributed by atoms with Gasteiger partial charge in [0.25, 0.3) is 0 Å². The minimum absolute atomic E-state index is 0.0809. The van der Waals surface area contributed by atoms with Crippen molar-refractivity contribution in [1.29, 1.82) is 0 Å². The topological polar surface area (TPSA) is 32.8 Å². The highest BCUT2D eigenvalue weighted by molar-refractivity contribution is 5.87. The van der Waals surface area contributed by atoms with Crippen LogP contribution in [0.25, 0.3) is 0 Å². The van der Waals surface area contributed by atoms with Crippen molar-refractivity contribution >= 4 is 5.91 Å². The van der Waals surface area contributed by atoms with Crippen molar-refractivity contribution in [3.8, 4) is 0 Å². The van der Waals surface area contributed by atoms with E-state index in [0.717, 1.165) is 32.7 Å². The molecule has 0 N–H and O–H groups in total. The number of rotatable bonds is 5. The van der Waals surface area contributed by atoms with Gasteiger partial charge < -0.3 is 14.5 Å². The lowest BCUT2D eigenvalue weighted by Gasteiger charge is -2.26. The molecule has 0 spiro atoms. The quantitative estimate of drug-likeness (QED) is 0.672. The third-order valence-electron chi connectivity index (χ3n) is 2.89. The van der Waals surface area contributed by atoms with Crippen LogP contribution in [0.4, 0.5) is 0 Å². The Balaban J connectivity index is 2.28. The molecular weight excluding hydrogens is 216 g/mol. The molecule has 1 aliphatic rings. The molecule has 1 amide bonds. The number of likely N-dealkylation sites (N-methyl/N-ethyl adjacent to an activating group) is 2. The summed E-state index contributed by atoms with van der Waals surface area (Å²) in [5, 5.41) is 0. The van der Waals surface area contributed by atoms with Gasteiger partial charge in [0.2, 0.25) is 5.91 Å². The van der Waals surface area contributed by atoms with Crippen molar-refractivity contribution in [3.05, 3.63) is 12.2 Å². The number of ether oxygens (including phenoxy) is 1. The maximum atomic E-state index is 11.8. The smallest absolute Gasteiger partial charge is 0.246 e. The van der Waals surface area contributed by atoms with E-state index in [1.54, 1.807) is 11.0 Å². The molecule has 98 valence electrons. The van der Waals surface area contributed by atoms with Crippen molar-refractivity contribution in [3.63, 3.8) is 0 Å². The molecule has 1 unspecified atom stereocenters. The molecule has 0 aromatic rings. The zero-order valence-corrected chi connectivity index (χ0v) is 11.2. The lowest BCUT2D eigenvalue weighted by molar-refractivity contribution is -0.125. The van der Waals surface area contributed by atoms with Crippen LogP contribution >= 0.6 is 0 Å². The van der Waals surface area contributed by atoms with Gasteiger partial charge in [0, 0.05) is 32.8 Å². The summed E-state index contributed by atoms with van der Waals surface area (Å²) in [5.41, 5.74) is 0. The molecule has 1 saturated heterocycles. The highest BCUT2D eigenvalue weighted by Crippen LogP contribution is 2.14. The fourth-order valence-electron chi connectivity index (χ4n) is 1.92. The van der Waals surface area contributed by atoms with E-state index in [9.17, 15) is 4.79 Å². The second-order valence-corrected chi connectivity index (χ2v) is 4.97. The van der Waals surface area contributed by atoms with E-state index in [1.807, 2.05) is 32.1 Å². The fourth-order valence-corrected chi connectivity index (χ4v) is 1.92. The lowest BCUT2D eigenvalue weighted by Crippen LogP contribution is -2.34. The number of carbonyl (C=O) groups is 1. The van der Waals surface area contributed by atoms with Crippen molar-refractivity contribution in [1.82, 2.24) is 9.80 Å². The van der Waals surface area contributed by atoms with Crippen molar-refractivity contribution in [2.45, 2.75) is 12.8 Å². The van der Waals surface area contributed by atoms with E-state index in [2.05, 4.69) is 0 Å². The molecule has 0 radical (unpaired) electrons. The minimum Gasteiger partial charge on any atom is -0.381 e. The number of nitrogens with zero attached hydrogens (tertiary/aromatic N) is 2. The largest absolute Gasteiger partial charge is 0.381 e. The summed E-state index contributed by atoms with van der Waals surface area (Å²) in [4.78, 5) is 15.6. The van der Waals surface area contributed by atoms with E-state index < -0.39 is 0 Å². The molecule has 1 rings (SSSR count). The summed E-state index contributed by atoms with van der Waals surface area (Å²) >= 11 is 0. The first-order valence-electron chi connectivity index (χ1n) is 6.23. The van der Waals surface area contributed by atoms with Crippen LogP contribution in [0.15, 0.2) is 12.2 Å². The second-order valence-electron chi connectivity index (χ2n) is 4.97. The molecule has 1 atom stereocenters. The Bertz CT molecular complexity index is 258. The highest BCUT2D eigenvalue weighted by atomic mass is 16.5. The molecule has 0 aromatic heterocycles. The van der Waals surface area contributed by atoms with Crippen molar-refractivity contribution < 1.29 is 9.53 Å². The number of amides is 1. The molecule has 0 aromatic carbocycles. The average molecular weight is 240 g/mol. The Hall–Kier alpha value is -0.870. The summed E-state index contributed by atoms with van der Waals surface area (Å²) in [5.74, 6) is 0.581. The molecule has 0 saturated carbocycles. The van der Waals surface area contributed by atoms with Gasteiger partial charge in [-0.15, -0.1) is 0 Å². The Labute approximate surface area is 104 Å². The van der Waals surface area contributed by atoms with Crippen molar-refractivity contribution in [2.24, 2.45) is 5.92 Å². The number of carbonyl (C=O) groups excluding carboxylic acids is 1. The van der Waals surface area contributed by atoms with Gasteiger partial charge in [-0.1, -0.05) is 6.08 Å². The molecule has 1 heterocycles. The van der Waals surface area contributed by atoms with Gasteiger partial charge in [0.05, 0.1) is 6.61 Å². The third-order valence-corrected chi connectivity index (χ3v) is 2.89. The molecular formula is C13H24N2O2. The number of hydrogen-bond donors (Lipinski definition) is 0. The van der Waals surface area contributed by atoms with Crippen LogP contribution in [-0.4, -0.2) is 63.2 Å². The Morgan fingerprint density at radius 2 is 2.18 bits per heavy atom. The predicted molar refractivity (Wildman–Crippen MR) is 68.9 cm³/mol. The summed E-state index contributed by atoms with van der Waals surface area (Å²) in [6.45, 7) is 3.26. The van der Waals surface area contributed by atoms with Crippen LogP contribution in [0.3, 0.4) is 0 Å². The zero-order chi connectivity index (χ0) is 12.7. The Kier molecular flexibility index (Phi) is 6.22. The van der Waals surface area contributed by atoms with Crippen LogP contribution in [0, 0.1) is 5.92 Å². The first-order valence-corrected chi connectivity index (χ1v) is 6.23. The first kappa shape index (κ1) is 14.2. The lowest BCUT2D eigenvalue weighted by atomic mass is 10.0. The normalized spacial score (nSPS) is 21.1. The average Bonchev–Trinajstić information content (AvgIpc) is 2.29. The van der Waals surface area contributed by atoms with Gasteiger partial charge in [-0.05, 0) is 32.9 Å². The van der Waals surface area contributed by atoms with Crippen LogP contribution in [0.2, 0.25) is 0 Å². The minimum atomic E-state index is 0.0809. The van der Waals surface area contributed by atoms with Gasteiger partial charge in [0.1, 0.15) is 0 Å². The summed E-state index contributed by atoms with van der Waals surface area (Å²) in [6, 6.07) is 0. The zero-order valence-electron chi connectivity index (χ0n) is 11.2.